The van der Waals surface area contributed by atoms with E-state index in [1.807, 2.05) is 18.5 Å². The predicted molar refractivity (Wildman–Crippen MR) is 55.7 cm³/mol. The van der Waals surface area contributed by atoms with Crippen molar-refractivity contribution in [1.29, 1.82) is 0 Å². The Hall–Kier alpha value is -0.620. The summed E-state index contributed by atoms with van der Waals surface area (Å²) in [4.78, 5) is 4.43. The van der Waals surface area contributed by atoms with Crippen LogP contribution in [-0.4, -0.2) is 17.0 Å². The lowest BCUT2D eigenvalue weighted by Crippen LogP contribution is -1.96. The van der Waals surface area contributed by atoms with Crippen molar-refractivity contribution < 1.29 is 0 Å². The van der Waals surface area contributed by atoms with Crippen molar-refractivity contribution in [2.75, 3.05) is 0 Å². The molecule has 0 saturated heterocycles. The summed E-state index contributed by atoms with van der Waals surface area (Å²) in [6.45, 7) is 4.34. The van der Waals surface area contributed by atoms with Gasteiger partial charge in [0, 0.05) is 23.7 Å². The largest absolute Gasteiger partial charge is 0.289 e. The first kappa shape index (κ1) is 9.47. The summed E-state index contributed by atoms with van der Waals surface area (Å²) in [5.41, 5.74) is 0. The Bertz CT molecular complexity index is 229. The summed E-state index contributed by atoms with van der Waals surface area (Å²) >= 11 is 0. The molecule has 0 aromatic carbocycles. The molecule has 0 saturated carbocycles. The zero-order valence-electron chi connectivity index (χ0n) is 7.62. The number of nitrogens with zero attached hydrogens (tertiary/aromatic N) is 2. The van der Waals surface area contributed by atoms with Crippen LogP contribution in [0.3, 0.4) is 0 Å². The van der Waals surface area contributed by atoms with Gasteiger partial charge >= 0.3 is 0 Å². The molecule has 3 heteroatoms. The van der Waals surface area contributed by atoms with E-state index in [9.17, 15) is 0 Å². The van der Waals surface area contributed by atoms with Gasteiger partial charge in [-0.05, 0) is 27.8 Å². The number of hydrogen-bond donors (Lipinski definition) is 0. The molecule has 2 atom stereocenters. The Morgan fingerprint density at radius 3 is 3.17 bits per heavy atom. The van der Waals surface area contributed by atoms with Crippen LogP contribution in [0.2, 0.25) is 0 Å². The van der Waals surface area contributed by atoms with Gasteiger partial charge in [-0.2, -0.15) is 0 Å². The molecule has 1 aromatic rings. The van der Waals surface area contributed by atoms with Crippen LogP contribution in [0.4, 0.5) is 0 Å². The maximum atomic E-state index is 4.43. The minimum absolute atomic E-state index is 0.460. The molecule has 0 amide bonds. The lowest BCUT2D eigenvalue weighted by Gasteiger charge is -2.00. The molecule has 12 heavy (non-hydrogen) atoms. The molecule has 0 N–H and O–H groups in total. The first-order chi connectivity index (χ1) is 5.83. The Labute approximate surface area is 75.3 Å². The van der Waals surface area contributed by atoms with E-state index in [0.29, 0.717) is 14.4 Å². The monoisotopic (exact) mass is 182 g/mol. The molecular weight excluding hydrogens is 167 g/mol. The van der Waals surface area contributed by atoms with Gasteiger partial charge in [-0.1, -0.05) is 13.3 Å². The maximum Gasteiger partial charge on any atom is 0.0471 e. The minimum atomic E-state index is 0.460. The molecule has 1 aromatic heterocycles. The summed E-state index contributed by atoms with van der Waals surface area (Å²) in [5, 5.41) is 1.25. The summed E-state index contributed by atoms with van der Waals surface area (Å²) in [5.74, 6) is 0. The maximum absolute atomic E-state index is 4.43. The summed E-state index contributed by atoms with van der Waals surface area (Å²) in [6.07, 6.45) is 6.19. The van der Waals surface area contributed by atoms with Gasteiger partial charge in [0.05, 0.1) is 0 Å². The second-order valence-corrected chi connectivity index (χ2v) is 3.99. The van der Waals surface area contributed by atoms with Crippen LogP contribution in [-0.2, 0) is 0 Å². The van der Waals surface area contributed by atoms with Gasteiger partial charge in [-0.15, -0.1) is 0 Å². The van der Waals surface area contributed by atoms with E-state index in [2.05, 4.69) is 23.6 Å². The molecule has 1 heterocycles. The van der Waals surface area contributed by atoms with Crippen molar-refractivity contribution in [3.63, 3.8) is 0 Å². The van der Waals surface area contributed by atoms with E-state index >= 15 is 0 Å². The lowest BCUT2D eigenvalue weighted by atomic mass is 10.2. The van der Waals surface area contributed by atoms with Crippen LogP contribution in [0.1, 0.15) is 32.0 Å². The average molecular weight is 182 g/mol. The second kappa shape index (κ2) is 5.10. The van der Waals surface area contributed by atoms with E-state index < -0.39 is 0 Å². The van der Waals surface area contributed by atoms with Crippen molar-refractivity contribution in [2.24, 2.45) is 4.99 Å². The first-order valence-electron chi connectivity index (χ1n) is 4.35. The summed E-state index contributed by atoms with van der Waals surface area (Å²) < 4.78 is 4.11. The molecule has 0 aliphatic carbocycles. The molecule has 0 bridgehead atoms. The van der Waals surface area contributed by atoms with Gasteiger partial charge < -0.3 is 0 Å². The van der Waals surface area contributed by atoms with E-state index in [1.165, 1.54) is 18.1 Å². The molecule has 0 aliphatic rings. The van der Waals surface area contributed by atoms with E-state index in [-0.39, 0.29) is 0 Å². The van der Waals surface area contributed by atoms with Gasteiger partial charge in [0.1, 0.15) is 0 Å². The Balaban J connectivity index is 2.40. The molecule has 2 unspecified atom stereocenters. The van der Waals surface area contributed by atoms with Crippen molar-refractivity contribution in [3.8, 4) is 0 Å². The molecule has 0 radical (unpaired) electrons. The number of aromatic nitrogens is 1. The third kappa shape index (κ3) is 3.19. The third-order valence-corrected chi connectivity index (χ3v) is 2.53. The van der Waals surface area contributed by atoms with Crippen molar-refractivity contribution >= 4 is 14.6 Å². The molecular formula is C9H15N2P. The Kier molecular flexibility index (Phi) is 4.02. The molecule has 66 valence electrons. The highest BCUT2D eigenvalue weighted by Crippen LogP contribution is 2.08. The fourth-order valence-corrected chi connectivity index (χ4v) is 1.62. The van der Waals surface area contributed by atoms with Gasteiger partial charge in [0.25, 0.3) is 0 Å². The van der Waals surface area contributed by atoms with Crippen molar-refractivity contribution in [3.05, 3.63) is 17.6 Å². The minimum Gasteiger partial charge on any atom is -0.289 e. The highest BCUT2D eigenvalue weighted by atomic mass is 31.0. The molecule has 0 spiro atoms. The van der Waals surface area contributed by atoms with Crippen LogP contribution in [0.25, 0.3) is 0 Å². The molecule has 0 fully saturated rings. The highest BCUT2D eigenvalue weighted by Gasteiger charge is 1.94. The van der Waals surface area contributed by atoms with Crippen LogP contribution < -0.4 is 0 Å². The number of aliphatic imine (C=N–C) groups is 1. The van der Waals surface area contributed by atoms with E-state index in [0.717, 1.165) is 0 Å². The van der Waals surface area contributed by atoms with Crippen LogP contribution in [0.15, 0.2) is 17.3 Å². The quantitative estimate of drug-likeness (QED) is 0.657. The standard InChI is InChI=1S/C9H15N2P/c1-3-4-8(2)10-7-9-5-6-11-12-9/h5-8,12H,3-4H2,1-2H3. The van der Waals surface area contributed by atoms with Crippen LogP contribution in [0.5, 0.6) is 0 Å². The first-order valence-corrected chi connectivity index (χ1v) is 5.30. The topological polar surface area (TPSA) is 25.2 Å². The average Bonchev–Trinajstić information content (AvgIpc) is 2.53. The van der Waals surface area contributed by atoms with Gasteiger partial charge in [-0.25, -0.2) is 4.75 Å². The zero-order chi connectivity index (χ0) is 8.81. The number of rotatable bonds is 4. The fourth-order valence-electron chi connectivity index (χ4n) is 1.04. The zero-order valence-corrected chi connectivity index (χ0v) is 8.62. The summed E-state index contributed by atoms with van der Waals surface area (Å²) in [6, 6.07) is 2.49. The normalized spacial score (nSPS) is 14.5. The van der Waals surface area contributed by atoms with Crippen molar-refractivity contribution in [1.82, 2.24) is 4.75 Å². The molecule has 1 rings (SSSR count). The SMILES string of the molecule is CCCC(C)N=Cc1ccn[pH]1. The Morgan fingerprint density at radius 2 is 2.58 bits per heavy atom. The van der Waals surface area contributed by atoms with Gasteiger partial charge in [0.15, 0.2) is 0 Å². The van der Waals surface area contributed by atoms with Gasteiger partial charge in [0.2, 0.25) is 0 Å². The van der Waals surface area contributed by atoms with Crippen LogP contribution >= 0.6 is 8.35 Å². The molecule has 2 nitrogen and oxygen atoms in total. The number of hydrogen-bond acceptors (Lipinski definition) is 2. The lowest BCUT2D eigenvalue weighted by molar-refractivity contribution is 0.657. The Morgan fingerprint density at radius 1 is 1.75 bits per heavy atom. The predicted octanol–water partition coefficient (Wildman–Crippen LogP) is 2.72. The van der Waals surface area contributed by atoms with Crippen LogP contribution in [0, 0.1) is 0 Å². The van der Waals surface area contributed by atoms with Gasteiger partial charge in [-0.3, -0.25) is 4.99 Å². The van der Waals surface area contributed by atoms with E-state index in [4.69, 9.17) is 0 Å². The highest BCUT2D eigenvalue weighted by molar-refractivity contribution is 7.27. The second-order valence-electron chi connectivity index (χ2n) is 2.93. The summed E-state index contributed by atoms with van der Waals surface area (Å²) in [7, 11) is 0.583. The van der Waals surface area contributed by atoms with Crippen molar-refractivity contribution in [2.45, 2.75) is 32.7 Å². The smallest absolute Gasteiger partial charge is 0.0471 e. The third-order valence-electron chi connectivity index (χ3n) is 1.70. The fraction of sp³-hybridized carbons (Fsp3) is 0.556. The van der Waals surface area contributed by atoms with E-state index in [1.54, 1.807) is 0 Å². The molecule has 0 aliphatic heterocycles.